The van der Waals surface area contributed by atoms with E-state index in [-0.39, 0.29) is 24.8 Å². The van der Waals surface area contributed by atoms with Crippen LogP contribution in [-0.2, 0) is 0 Å². The second kappa shape index (κ2) is 5.47. The molecular formula is C8H10Cl2N4. The zero-order chi connectivity index (χ0) is 8.39. The van der Waals surface area contributed by atoms with Crippen LogP contribution in [0.3, 0.4) is 0 Å². The molecule has 0 bridgehead atoms. The number of pyridine rings is 1. The molecule has 0 spiro atoms. The molecule has 0 aliphatic carbocycles. The average Bonchev–Trinajstić information content (AvgIpc) is 2.54. The van der Waals surface area contributed by atoms with Gasteiger partial charge in [0.15, 0.2) is 0 Å². The van der Waals surface area contributed by atoms with Crippen molar-refractivity contribution in [1.82, 2.24) is 15.2 Å². The van der Waals surface area contributed by atoms with Crippen LogP contribution in [0.25, 0.3) is 11.3 Å². The highest BCUT2D eigenvalue weighted by Crippen LogP contribution is 2.15. The Hall–Kier alpha value is -1.26. The maximum Gasteiger partial charge on any atom is 0.145 e. The number of nitrogens with two attached hydrogens (primary N) is 1. The number of nitrogens with zero attached hydrogens (tertiary/aromatic N) is 2. The van der Waals surface area contributed by atoms with Gasteiger partial charge in [0, 0.05) is 24.0 Å². The molecule has 2 heterocycles. The maximum absolute atomic E-state index is 5.45. The smallest absolute Gasteiger partial charge is 0.145 e. The van der Waals surface area contributed by atoms with E-state index in [0.29, 0.717) is 5.82 Å². The molecule has 0 amide bonds. The van der Waals surface area contributed by atoms with Crippen molar-refractivity contribution in [3.8, 4) is 11.3 Å². The molecule has 2 rings (SSSR count). The molecule has 0 radical (unpaired) electrons. The highest BCUT2D eigenvalue weighted by molar-refractivity contribution is 5.85. The molecule has 2 aromatic rings. The second-order valence-corrected chi connectivity index (χ2v) is 2.45. The number of nitrogens with one attached hydrogen (secondary N) is 1. The SMILES string of the molecule is Cl.Cl.Nc1cc(-c2cccnc2)[nH]n1. The van der Waals surface area contributed by atoms with Crippen molar-refractivity contribution >= 4 is 30.6 Å². The lowest BCUT2D eigenvalue weighted by atomic mass is 10.2. The summed E-state index contributed by atoms with van der Waals surface area (Å²) >= 11 is 0. The third-order valence-electron chi connectivity index (χ3n) is 1.57. The van der Waals surface area contributed by atoms with Crippen LogP contribution in [0.2, 0.25) is 0 Å². The van der Waals surface area contributed by atoms with Gasteiger partial charge in [0.1, 0.15) is 5.82 Å². The zero-order valence-electron chi connectivity index (χ0n) is 7.18. The molecule has 0 fully saturated rings. The van der Waals surface area contributed by atoms with E-state index in [9.17, 15) is 0 Å². The Morgan fingerprint density at radius 1 is 1.29 bits per heavy atom. The van der Waals surface area contributed by atoms with Crippen LogP contribution in [0, 0.1) is 0 Å². The summed E-state index contributed by atoms with van der Waals surface area (Å²) in [6.07, 6.45) is 3.48. The predicted octanol–water partition coefficient (Wildman–Crippen LogP) is 1.90. The highest BCUT2D eigenvalue weighted by atomic mass is 35.5. The van der Waals surface area contributed by atoms with Gasteiger partial charge in [-0.3, -0.25) is 10.1 Å². The first kappa shape index (κ1) is 12.7. The van der Waals surface area contributed by atoms with Crippen LogP contribution >= 0.6 is 24.8 Å². The van der Waals surface area contributed by atoms with Gasteiger partial charge in [-0.1, -0.05) is 0 Å². The lowest BCUT2D eigenvalue weighted by Crippen LogP contribution is -1.81. The molecule has 14 heavy (non-hydrogen) atoms. The zero-order valence-corrected chi connectivity index (χ0v) is 8.81. The van der Waals surface area contributed by atoms with Gasteiger partial charge in [-0.05, 0) is 12.1 Å². The fraction of sp³-hybridized carbons (Fsp3) is 0. The second-order valence-electron chi connectivity index (χ2n) is 2.45. The van der Waals surface area contributed by atoms with E-state index in [0.717, 1.165) is 11.3 Å². The fourth-order valence-corrected chi connectivity index (χ4v) is 1.01. The van der Waals surface area contributed by atoms with Gasteiger partial charge in [0.05, 0.1) is 5.69 Å². The Labute approximate surface area is 93.8 Å². The van der Waals surface area contributed by atoms with Crippen LogP contribution in [0.15, 0.2) is 30.6 Å². The van der Waals surface area contributed by atoms with Gasteiger partial charge in [0.25, 0.3) is 0 Å². The Morgan fingerprint density at radius 2 is 2.07 bits per heavy atom. The number of halogens is 2. The van der Waals surface area contributed by atoms with E-state index in [1.165, 1.54) is 0 Å². The van der Waals surface area contributed by atoms with E-state index in [2.05, 4.69) is 15.2 Å². The third kappa shape index (κ3) is 2.61. The monoisotopic (exact) mass is 232 g/mol. The molecule has 0 saturated carbocycles. The summed E-state index contributed by atoms with van der Waals surface area (Å²) in [5.41, 5.74) is 7.33. The van der Waals surface area contributed by atoms with Crippen molar-refractivity contribution in [1.29, 1.82) is 0 Å². The highest BCUT2D eigenvalue weighted by Gasteiger charge is 1.99. The number of H-pyrrole nitrogens is 1. The molecule has 3 N–H and O–H groups in total. The van der Waals surface area contributed by atoms with Crippen LogP contribution in [-0.4, -0.2) is 15.2 Å². The van der Waals surface area contributed by atoms with Crippen molar-refractivity contribution in [3.05, 3.63) is 30.6 Å². The van der Waals surface area contributed by atoms with Gasteiger partial charge in [-0.2, -0.15) is 5.10 Å². The first-order valence-electron chi connectivity index (χ1n) is 3.57. The van der Waals surface area contributed by atoms with Crippen molar-refractivity contribution in [2.24, 2.45) is 0 Å². The van der Waals surface area contributed by atoms with Crippen molar-refractivity contribution in [3.63, 3.8) is 0 Å². The molecular weight excluding hydrogens is 223 g/mol. The van der Waals surface area contributed by atoms with Gasteiger partial charge in [-0.25, -0.2) is 0 Å². The first-order valence-corrected chi connectivity index (χ1v) is 3.57. The normalized spacial score (nSPS) is 8.57. The van der Waals surface area contributed by atoms with E-state index < -0.39 is 0 Å². The Morgan fingerprint density at radius 3 is 2.57 bits per heavy atom. The van der Waals surface area contributed by atoms with Crippen molar-refractivity contribution in [2.45, 2.75) is 0 Å². The average molecular weight is 233 g/mol. The summed E-state index contributed by atoms with van der Waals surface area (Å²) in [5.74, 6) is 0.494. The topological polar surface area (TPSA) is 67.6 Å². The molecule has 4 nitrogen and oxygen atoms in total. The number of hydrogen-bond acceptors (Lipinski definition) is 3. The molecule has 0 aliphatic rings. The number of hydrogen-bond donors (Lipinski definition) is 2. The maximum atomic E-state index is 5.45. The summed E-state index contributed by atoms with van der Waals surface area (Å²) in [6.45, 7) is 0. The first-order chi connectivity index (χ1) is 5.86. The Kier molecular flexibility index (Phi) is 4.97. The lowest BCUT2D eigenvalue weighted by molar-refractivity contribution is 1.10. The number of anilines is 1. The van der Waals surface area contributed by atoms with E-state index in [1.807, 2.05) is 12.1 Å². The summed E-state index contributed by atoms with van der Waals surface area (Å²) < 4.78 is 0. The van der Waals surface area contributed by atoms with Crippen LogP contribution in [0.1, 0.15) is 0 Å². The summed E-state index contributed by atoms with van der Waals surface area (Å²) in [6, 6.07) is 5.59. The van der Waals surface area contributed by atoms with Crippen molar-refractivity contribution in [2.75, 3.05) is 5.73 Å². The number of nitrogen functional groups attached to an aromatic ring is 1. The predicted molar refractivity (Wildman–Crippen MR) is 60.7 cm³/mol. The number of aromatic nitrogens is 3. The Balaban J connectivity index is 0.000000845. The quantitative estimate of drug-likeness (QED) is 0.790. The fourth-order valence-electron chi connectivity index (χ4n) is 1.01. The summed E-state index contributed by atoms with van der Waals surface area (Å²) in [7, 11) is 0. The van der Waals surface area contributed by atoms with E-state index in [4.69, 9.17) is 5.73 Å². The van der Waals surface area contributed by atoms with Crippen LogP contribution in [0.4, 0.5) is 5.82 Å². The molecule has 0 aliphatic heterocycles. The molecule has 2 aromatic heterocycles. The Bertz CT molecular complexity index is 374. The number of rotatable bonds is 1. The number of aromatic amines is 1. The minimum absolute atomic E-state index is 0. The summed E-state index contributed by atoms with van der Waals surface area (Å²) in [5, 5.41) is 6.62. The van der Waals surface area contributed by atoms with Crippen molar-refractivity contribution < 1.29 is 0 Å². The van der Waals surface area contributed by atoms with E-state index >= 15 is 0 Å². The van der Waals surface area contributed by atoms with Gasteiger partial charge in [0.2, 0.25) is 0 Å². The standard InChI is InChI=1S/C8H8N4.2ClH/c9-8-4-7(11-12-8)6-2-1-3-10-5-6;;/h1-5H,(H3,9,11,12);2*1H. The van der Waals surface area contributed by atoms with Crippen LogP contribution < -0.4 is 5.73 Å². The minimum Gasteiger partial charge on any atom is -0.382 e. The molecule has 0 unspecified atom stereocenters. The molecule has 0 saturated heterocycles. The van der Waals surface area contributed by atoms with Gasteiger partial charge in [-0.15, -0.1) is 24.8 Å². The third-order valence-corrected chi connectivity index (χ3v) is 1.57. The molecule has 0 atom stereocenters. The largest absolute Gasteiger partial charge is 0.382 e. The van der Waals surface area contributed by atoms with Gasteiger partial charge < -0.3 is 5.73 Å². The van der Waals surface area contributed by atoms with Gasteiger partial charge >= 0.3 is 0 Å². The van der Waals surface area contributed by atoms with E-state index in [1.54, 1.807) is 18.5 Å². The molecule has 6 heteroatoms. The summed E-state index contributed by atoms with van der Waals surface area (Å²) in [4.78, 5) is 3.98. The lowest BCUT2D eigenvalue weighted by Gasteiger charge is -1.92. The molecule has 0 aromatic carbocycles. The molecule has 76 valence electrons. The van der Waals surface area contributed by atoms with Crippen LogP contribution in [0.5, 0.6) is 0 Å². The minimum atomic E-state index is 0.